The predicted molar refractivity (Wildman–Crippen MR) is 74.0 cm³/mol. The molecular weight excluding hydrogens is 282 g/mol. The molecule has 0 aliphatic heterocycles. The standard InChI is InChI=1S/C13H12ClN3O3/c1-8-7-11(9-3-5-10(14)6-4-9)15-17(8)12(16-19)13(18)20-2/h3-7,19H,1-2H3/b16-12-. The van der Waals surface area contributed by atoms with Gasteiger partial charge < -0.3 is 9.94 Å². The van der Waals surface area contributed by atoms with Gasteiger partial charge in [-0.15, -0.1) is 0 Å². The Balaban J connectivity index is 2.44. The van der Waals surface area contributed by atoms with Crippen LogP contribution < -0.4 is 0 Å². The SMILES string of the molecule is COC(=O)/C(=N/O)n1nc(-c2ccc(Cl)cc2)cc1C. The molecule has 7 heteroatoms. The van der Waals surface area contributed by atoms with E-state index in [0.717, 1.165) is 5.56 Å². The Kier molecular flexibility index (Phi) is 4.05. The molecule has 0 saturated heterocycles. The smallest absolute Gasteiger partial charge is 0.379 e. The van der Waals surface area contributed by atoms with Crippen LogP contribution >= 0.6 is 11.6 Å². The molecular formula is C13H12ClN3O3. The molecule has 20 heavy (non-hydrogen) atoms. The maximum absolute atomic E-state index is 11.5. The van der Waals surface area contributed by atoms with Crippen LogP contribution in [-0.4, -0.2) is 33.9 Å². The summed E-state index contributed by atoms with van der Waals surface area (Å²) in [5.41, 5.74) is 2.09. The number of carbonyl (C=O) groups is 1. The number of hydrogen-bond acceptors (Lipinski definition) is 5. The van der Waals surface area contributed by atoms with E-state index in [2.05, 4.69) is 15.0 Å². The van der Waals surface area contributed by atoms with Crippen molar-refractivity contribution in [3.05, 3.63) is 41.0 Å². The maximum Gasteiger partial charge on any atom is 0.379 e. The normalized spacial score (nSPS) is 11.4. The van der Waals surface area contributed by atoms with Gasteiger partial charge in [0.25, 0.3) is 5.84 Å². The lowest BCUT2D eigenvalue weighted by Gasteiger charge is -2.03. The highest BCUT2D eigenvalue weighted by Gasteiger charge is 2.19. The van der Waals surface area contributed by atoms with Gasteiger partial charge >= 0.3 is 5.97 Å². The van der Waals surface area contributed by atoms with Gasteiger partial charge in [-0.2, -0.15) is 5.10 Å². The summed E-state index contributed by atoms with van der Waals surface area (Å²) in [5.74, 6) is -1.08. The number of oxime groups is 1. The first kappa shape index (κ1) is 14.1. The molecule has 1 heterocycles. The molecule has 0 unspecified atom stereocenters. The van der Waals surface area contributed by atoms with E-state index < -0.39 is 5.97 Å². The van der Waals surface area contributed by atoms with Gasteiger partial charge in [0.15, 0.2) is 0 Å². The predicted octanol–water partition coefficient (Wildman–Crippen LogP) is 2.32. The molecule has 104 valence electrons. The summed E-state index contributed by atoms with van der Waals surface area (Å²) in [7, 11) is 1.20. The minimum atomic E-state index is -0.777. The Bertz CT molecular complexity index is 662. The average Bonchev–Trinajstić information content (AvgIpc) is 2.82. The summed E-state index contributed by atoms with van der Waals surface area (Å²) in [6.45, 7) is 1.74. The zero-order valence-electron chi connectivity index (χ0n) is 10.9. The Morgan fingerprint density at radius 1 is 1.40 bits per heavy atom. The second-order valence-corrected chi connectivity index (χ2v) is 4.44. The van der Waals surface area contributed by atoms with Crippen LogP contribution in [0.4, 0.5) is 0 Å². The Morgan fingerprint density at radius 3 is 2.60 bits per heavy atom. The van der Waals surface area contributed by atoms with Crippen molar-refractivity contribution in [2.24, 2.45) is 5.16 Å². The molecule has 0 spiro atoms. The van der Waals surface area contributed by atoms with Gasteiger partial charge in [0, 0.05) is 16.3 Å². The Morgan fingerprint density at radius 2 is 2.05 bits per heavy atom. The third-order valence-electron chi connectivity index (χ3n) is 2.69. The largest absolute Gasteiger partial charge is 0.463 e. The second kappa shape index (κ2) is 5.75. The number of rotatable bonds is 1. The number of ether oxygens (including phenoxy) is 1. The molecule has 1 aromatic heterocycles. The molecule has 0 bridgehead atoms. The summed E-state index contributed by atoms with van der Waals surface area (Å²) in [6.07, 6.45) is 0. The van der Waals surface area contributed by atoms with E-state index in [0.29, 0.717) is 16.4 Å². The number of halogens is 1. The van der Waals surface area contributed by atoms with E-state index in [-0.39, 0.29) is 5.84 Å². The molecule has 0 radical (unpaired) electrons. The van der Waals surface area contributed by atoms with Crippen LogP contribution in [0.2, 0.25) is 5.02 Å². The average molecular weight is 294 g/mol. The number of hydrogen-bond donors (Lipinski definition) is 1. The first-order valence-electron chi connectivity index (χ1n) is 5.70. The first-order valence-corrected chi connectivity index (χ1v) is 6.08. The molecule has 0 atom stereocenters. The fourth-order valence-corrected chi connectivity index (χ4v) is 1.84. The van der Waals surface area contributed by atoms with Crippen molar-refractivity contribution in [1.82, 2.24) is 9.78 Å². The van der Waals surface area contributed by atoms with Crippen molar-refractivity contribution >= 4 is 23.4 Å². The number of benzene rings is 1. The molecule has 0 fully saturated rings. The second-order valence-electron chi connectivity index (χ2n) is 4.00. The zero-order valence-corrected chi connectivity index (χ0v) is 11.6. The lowest BCUT2D eigenvalue weighted by molar-refractivity contribution is -0.133. The highest BCUT2D eigenvalue weighted by molar-refractivity contribution is 6.35. The summed E-state index contributed by atoms with van der Waals surface area (Å²) in [6, 6.07) is 8.86. The first-order chi connectivity index (χ1) is 9.56. The highest BCUT2D eigenvalue weighted by atomic mass is 35.5. The number of aryl methyl sites for hydroxylation is 1. The van der Waals surface area contributed by atoms with Crippen LogP contribution in [0.25, 0.3) is 11.3 Å². The third kappa shape index (κ3) is 2.65. The number of methoxy groups -OCH3 is 1. The lowest BCUT2D eigenvalue weighted by Crippen LogP contribution is -2.26. The molecule has 1 aromatic carbocycles. The minimum Gasteiger partial charge on any atom is -0.463 e. The van der Waals surface area contributed by atoms with Crippen molar-refractivity contribution in [1.29, 1.82) is 0 Å². The zero-order chi connectivity index (χ0) is 14.7. The quantitative estimate of drug-likeness (QED) is 0.288. The van der Waals surface area contributed by atoms with E-state index in [1.165, 1.54) is 11.8 Å². The summed E-state index contributed by atoms with van der Waals surface area (Å²) in [5, 5.41) is 16.7. The Labute approximate surface area is 120 Å². The summed E-state index contributed by atoms with van der Waals surface area (Å²) >= 11 is 5.83. The molecule has 0 saturated carbocycles. The molecule has 0 amide bonds. The van der Waals surface area contributed by atoms with E-state index in [4.69, 9.17) is 16.8 Å². The third-order valence-corrected chi connectivity index (χ3v) is 2.94. The van der Waals surface area contributed by atoms with Gasteiger partial charge in [-0.1, -0.05) is 28.9 Å². The summed E-state index contributed by atoms with van der Waals surface area (Å²) < 4.78 is 5.75. The molecule has 2 aromatic rings. The summed E-state index contributed by atoms with van der Waals surface area (Å²) in [4.78, 5) is 11.5. The molecule has 1 N–H and O–H groups in total. The van der Waals surface area contributed by atoms with Gasteiger partial charge in [-0.25, -0.2) is 9.48 Å². The van der Waals surface area contributed by atoms with Crippen molar-refractivity contribution in [3.8, 4) is 11.3 Å². The fraction of sp³-hybridized carbons (Fsp3) is 0.154. The van der Waals surface area contributed by atoms with Crippen LogP contribution in [0.15, 0.2) is 35.5 Å². The van der Waals surface area contributed by atoms with E-state index in [1.807, 2.05) is 12.1 Å². The van der Waals surface area contributed by atoms with Crippen LogP contribution in [0, 0.1) is 6.92 Å². The topological polar surface area (TPSA) is 76.7 Å². The van der Waals surface area contributed by atoms with Gasteiger partial charge in [-0.3, -0.25) is 0 Å². The van der Waals surface area contributed by atoms with Gasteiger partial charge in [0.1, 0.15) is 0 Å². The van der Waals surface area contributed by atoms with Crippen molar-refractivity contribution < 1.29 is 14.7 Å². The number of carbonyl (C=O) groups excluding carboxylic acids is 1. The maximum atomic E-state index is 11.5. The van der Waals surface area contributed by atoms with Crippen LogP contribution in [0.5, 0.6) is 0 Å². The van der Waals surface area contributed by atoms with Crippen molar-refractivity contribution in [2.45, 2.75) is 6.92 Å². The highest BCUT2D eigenvalue weighted by Crippen LogP contribution is 2.21. The van der Waals surface area contributed by atoms with Gasteiger partial charge in [0.05, 0.1) is 12.8 Å². The molecule has 0 aliphatic carbocycles. The molecule has 0 aliphatic rings. The molecule has 6 nitrogen and oxygen atoms in total. The van der Waals surface area contributed by atoms with Crippen molar-refractivity contribution in [3.63, 3.8) is 0 Å². The monoisotopic (exact) mass is 293 g/mol. The van der Waals surface area contributed by atoms with E-state index >= 15 is 0 Å². The van der Waals surface area contributed by atoms with Gasteiger partial charge in [0.2, 0.25) is 0 Å². The van der Waals surface area contributed by atoms with Crippen molar-refractivity contribution in [2.75, 3.05) is 7.11 Å². The van der Waals surface area contributed by atoms with Crippen LogP contribution in [0.1, 0.15) is 5.69 Å². The lowest BCUT2D eigenvalue weighted by atomic mass is 10.1. The van der Waals surface area contributed by atoms with E-state index in [1.54, 1.807) is 25.1 Å². The number of nitrogens with zero attached hydrogens (tertiary/aromatic N) is 3. The number of esters is 1. The van der Waals surface area contributed by atoms with Crippen LogP contribution in [-0.2, 0) is 9.53 Å². The fourth-order valence-electron chi connectivity index (χ4n) is 1.71. The minimum absolute atomic E-state index is 0.301. The number of aromatic nitrogens is 2. The molecule has 2 rings (SSSR count). The van der Waals surface area contributed by atoms with E-state index in [9.17, 15) is 4.79 Å². The van der Waals surface area contributed by atoms with Crippen LogP contribution in [0.3, 0.4) is 0 Å². The Hall–Kier alpha value is -2.34. The van der Waals surface area contributed by atoms with Gasteiger partial charge in [-0.05, 0) is 25.1 Å².